The van der Waals surface area contributed by atoms with Gasteiger partial charge >= 0.3 is 0 Å². The van der Waals surface area contributed by atoms with Gasteiger partial charge in [0, 0.05) is 30.5 Å². The third-order valence-corrected chi connectivity index (χ3v) is 7.71. The van der Waals surface area contributed by atoms with Crippen molar-refractivity contribution in [1.82, 2.24) is 19.7 Å². The Morgan fingerprint density at radius 2 is 1.87 bits per heavy atom. The van der Waals surface area contributed by atoms with Gasteiger partial charge in [-0.15, -0.1) is 0 Å². The van der Waals surface area contributed by atoms with E-state index >= 15 is 0 Å². The fraction of sp³-hybridized carbons (Fsp3) is 0.500. The van der Waals surface area contributed by atoms with Crippen LogP contribution in [0, 0.1) is 22.7 Å². The molecule has 3 aromatic rings. The molecule has 1 N–H and O–H groups in total. The largest absolute Gasteiger partial charge is 0.390 e. The molecular weight excluding hydrogens is 388 g/mol. The van der Waals surface area contributed by atoms with Crippen molar-refractivity contribution in [3.05, 3.63) is 42.4 Å². The van der Waals surface area contributed by atoms with Gasteiger partial charge in [0.25, 0.3) is 0 Å². The molecule has 3 fully saturated rings. The van der Waals surface area contributed by atoms with Crippen molar-refractivity contribution in [3.8, 4) is 11.9 Å². The molecule has 2 saturated carbocycles. The van der Waals surface area contributed by atoms with Crippen LogP contribution in [0.25, 0.3) is 16.7 Å². The number of anilines is 1. The zero-order valence-corrected chi connectivity index (χ0v) is 17.9. The van der Waals surface area contributed by atoms with Gasteiger partial charge in [0.1, 0.15) is 12.1 Å². The van der Waals surface area contributed by atoms with Crippen LogP contribution in [-0.4, -0.2) is 43.5 Å². The standard InChI is InChI=1S/C24H26N6O/c1-22(2,31)18-10-29(11-18)20-8-21(27-15-26-20)30-19-7-17(4-3-16(19)9-28-30)24(14-25)12-23(13-24)5-6-23/h3-4,7-9,15,18,31H,5-6,10-13H2,1-2H3. The third kappa shape index (κ3) is 2.85. The second-order valence-electron chi connectivity index (χ2n) is 10.4. The number of benzene rings is 1. The van der Waals surface area contributed by atoms with Gasteiger partial charge < -0.3 is 10.0 Å². The molecule has 0 bridgehead atoms. The van der Waals surface area contributed by atoms with Gasteiger partial charge in [0.15, 0.2) is 5.82 Å². The van der Waals surface area contributed by atoms with Crippen LogP contribution in [0.4, 0.5) is 5.82 Å². The number of rotatable bonds is 4. The van der Waals surface area contributed by atoms with Gasteiger partial charge in [-0.25, -0.2) is 14.6 Å². The van der Waals surface area contributed by atoms with E-state index in [1.54, 1.807) is 6.33 Å². The molecule has 1 aliphatic heterocycles. The molecule has 0 amide bonds. The first-order valence-corrected chi connectivity index (χ1v) is 11.0. The van der Waals surface area contributed by atoms with Crippen molar-refractivity contribution >= 4 is 16.7 Å². The summed E-state index contributed by atoms with van der Waals surface area (Å²) in [7, 11) is 0. The summed E-state index contributed by atoms with van der Waals surface area (Å²) in [5, 5.41) is 25.8. The van der Waals surface area contributed by atoms with E-state index in [9.17, 15) is 10.4 Å². The van der Waals surface area contributed by atoms with Gasteiger partial charge in [0.2, 0.25) is 0 Å². The Balaban J connectivity index is 1.32. The summed E-state index contributed by atoms with van der Waals surface area (Å²) >= 11 is 0. The lowest BCUT2D eigenvalue weighted by atomic mass is 9.57. The lowest BCUT2D eigenvalue weighted by molar-refractivity contribution is 0.00438. The SMILES string of the molecule is CC(C)(O)C1CN(c2cc(-n3ncc4ccc(C5(C#N)CC6(CC6)C5)cc43)ncn2)C1. The van der Waals surface area contributed by atoms with Crippen LogP contribution in [0.3, 0.4) is 0 Å². The molecule has 1 aromatic carbocycles. The first-order valence-electron chi connectivity index (χ1n) is 11.0. The van der Waals surface area contributed by atoms with E-state index in [1.165, 1.54) is 12.8 Å². The molecule has 2 aromatic heterocycles. The third-order valence-electron chi connectivity index (χ3n) is 7.71. The predicted octanol–water partition coefficient (Wildman–Crippen LogP) is 3.36. The van der Waals surface area contributed by atoms with Gasteiger partial charge in [-0.05, 0) is 56.6 Å². The van der Waals surface area contributed by atoms with E-state index < -0.39 is 5.60 Å². The Bertz CT molecular complexity index is 1210. The molecule has 2 aliphatic carbocycles. The summed E-state index contributed by atoms with van der Waals surface area (Å²) in [6.45, 7) is 5.26. The summed E-state index contributed by atoms with van der Waals surface area (Å²) in [6, 6.07) is 10.8. The lowest BCUT2D eigenvalue weighted by Gasteiger charge is -2.45. The molecule has 7 nitrogen and oxygen atoms in total. The molecule has 3 aliphatic rings. The summed E-state index contributed by atoms with van der Waals surface area (Å²) in [5.41, 5.74) is 1.46. The Labute approximate surface area is 181 Å². The quantitative estimate of drug-likeness (QED) is 0.704. The van der Waals surface area contributed by atoms with Crippen molar-refractivity contribution in [2.45, 2.75) is 50.5 Å². The average molecular weight is 415 g/mol. The minimum Gasteiger partial charge on any atom is -0.390 e. The van der Waals surface area contributed by atoms with Crippen molar-refractivity contribution < 1.29 is 5.11 Å². The van der Waals surface area contributed by atoms with Crippen LogP contribution in [-0.2, 0) is 5.41 Å². The van der Waals surface area contributed by atoms with Crippen LogP contribution in [0.15, 0.2) is 36.8 Å². The van der Waals surface area contributed by atoms with E-state index in [1.807, 2.05) is 30.8 Å². The Morgan fingerprint density at radius 1 is 1.13 bits per heavy atom. The first kappa shape index (κ1) is 18.8. The predicted molar refractivity (Wildman–Crippen MR) is 117 cm³/mol. The maximum atomic E-state index is 10.2. The van der Waals surface area contributed by atoms with Crippen LogP contribution in [0.1, 0.15) is 45.1 Å². The van der Waals surface area contributed by atoms with Crippen LogP contribution in [0.5, 0.6) is 0 Å². The van der Waals surface area contributed by atoms with E-state index in [0.717, 1.165) is 48.2 Å². The van der Waals surface area contributed by atoms with E-state index in [2.05, 4.69) is 44.2 Å². The maximum Gasteiger partial charge on any atom is 0.159 e. The summed E-state index contributed by atoms with van der Waals surface area (Å²) in [6.07, 6.45) is 7.91. The molecule has 1 spiro atoms. The molecular formula is C24H26N6O. The molecule has 0 atom stereocenters. The number of fused-ring (bicyclic) bond motifs is 1. The van der Waals surface area contributed by atoms with Crippen molar-refractivity contribution in [3.63, 3.8) is 0 Å². The fourth-order valence-corrected chi connectivity index (χ4v) is 5.34. The van der Waals surface area contributed by atoms with Crippen LogP contribution >= 0.6 is 0 Å². The number of nitriles is 1. The van der Waals surface area contributed by atoms with Crippen LogP contribution < -0.4 is 4.90 Å². The zero-order chi connectivity index (χ0) is 21.4. The molecule has 3 heterocycles. The average Bonchev–Trinajstić information content (AvgIpc) is 3.35. The van der Waals surface area contributed by atoms with Crippen molar-refractivity contribution in [2.75, 3.05) is 18.0 Å². The Hall–Kier alpha value is -2.98. The highest BCUT2D eigenvalue weighted by Crippen LogP contribution is 2.68. The van der Waals surface area contributed by atoms with Crippen molar-refractivity contribution in [1.29, 1.82) is 5.26 Å². The first-order chi connectivity index (χ1) is 14.8. The smallest absolute Gasteiger partial charge is 0.159 e. The zero-order valence-electron chi connectivity index (χ0n) is 17.9. The van der Waals surface area contributed by atoms with Crippen LogP contribution in [0.2, 0.25) is 0 Å². The second-order valence-corrected chi connectivity index (χ2v) is 10.4. The number of aliphatic hydroxyl groups is 1. The number of aromatic nitrogens is 4. The highest BCUT2D eigenvalue weighted by atomic mass is 16.3. The van der Waals surface area contributed by atoms with E-state index in [0.29, 0.717) is 11.2 Å². The minimum atomic E-state index is -0.682. The summed E-state index contributed by atoms with van der Waals surface area (Å²) in [5.74, 6) is 1.79. The highest BCUT2D eigenvalue weighted by molar-refractivity contribution is 5.81. The molecule has 0 unspecified atom stereocenters. The molecule has 6 rings (SSSR count). The molecule has 158 valence electrons. The number of nitrogens with zero attached hydrogens (tertiary/aromatic N) is 6. The second kappa shape index (κ2) is 6.04. The molecule has 31 heavy (non-hydrogen) atoms. The summed E-state index contributed by atoms with van der Waals surface area (Å²) < 4.78 is 1.84. The lowest BCUT2D eigenvalue weighted by Crippen LogP contribution is -2.56. The topological polar surface area (TPSA) is 90.9 Å². The molecule has 7 heteroatoms. The monoisotopic (exact) mass is 414 g/mol. The van der Waals surface area contributed by atoms with Gasteiger partial charge in [-0.1, -0.05) is 12.1 Å². The molecule has 0 radical (unpaired) electrons. The molecule has 1 saturated heterocycles. The maximum absolute atomic E-state index is 10.2. The number of hydrogen-bond acceptors (Lipinski definition) is 6. The van der Waals surface area contributed by atoms with Gasteiger partial charge in [0.05, 0.1) is 28.8 Å². The van der Waals surface area contributed by atoms with E-state index in [-0.39, 0.29) is 11.3 Å². The van der Waals surface area contributed by atoms with Crippen molar-refractivity contribution in [2.24, 2.45) is 11.3 Å². The normalized spacial score (nSPS) is 21.5. The number of hydrogen-bond donors (Lipinski definition) is 1. The van der Waals surface area contributed by atoms with Gasteiger partial charge in [-0.3, -0.25) is 0 Å². The Morgan fingerprint density at radius 3 is 2.55 bits per heavy atom. The van der Waals surface area contributed by atoms with Gasteiger partial charge in [-0.2, -0.15) is 10.4 Å². The Kier molecular flexibility index (Phi) is 3.66. The minimum absolute atomic E-state index is 0.235. The highest BCUT2D eigenvalue weighted by Gasteiger charge is 2.61. The van der Waals surface area contributed by atoms with E-state index in [4.69, 9.17) is 0 Å². The fourth-order valence-electron chi connectivity index (χ4n) is 5.34. The summed E-state index contributed by atoms with van der Waals surface area (Å²) in [4.78, 5) is 11.1.